The van der Waals surface area contributed by atoms with Crippen LogP contribution in [0.4, 0.5) is 14.5 Å². The number of tetrazole rings is 1. The van der Waals surface area contributed by atoms with E-state index < -0.39 is 11.7 Å². The molecule has 25 heavy (non-hydrogen) atoms. The number of hydrogen-bond acceptors (Lipinski definition) is 5. The average molecular weight is 361 g/mol. The maximum Gasteiger partial charge on any atom is 0.288 e. The number of alkyl halides is 2. The van der Waals surface area contributed by atoms with Gasteiger partial charge in [-0.2, -0.15) is 13.6 Å². The molecule has 0 atom stereocenters. The van der Waals surface area contributed by atoms with E-state index in [0.29, 0.717) is 28.2 Å². The molecule has 6 nitrogen and oxygen atoms in total. The van der Waals surface area contributed by atoms with Gasteiger partial charge >= 0.3 is 0 Å². The van der Waals surface area contributed by atoms with Gasteiger partial charge < -0.3 is 5.32 Å². The monoisotopic (exact) mass is 361 g/mol. The van der Waals surface area contributed by atoms with Crippen LogP contribution in [-0.2, 0) is 11.3 Å². The summed E-state index contributed by atoms with van der Waals surface area (Å²) in [4.78, 5) is 13.6. The van der Waals surface area contributed by atoms with Gasteiger partial charge in [0.05, 0.1) is 5.69 Å². The topological polar surface area (TPSA) is 72.7 Å². The molecule has 0 unspecified atom stereocenters. The van der Waals surface area contributed by atoms with Crippen molar-refractivity contribution >= 4 is 23.4 Å². The number of amides is 1. The van der Waals surface area contributed by atoms with E-state index in [2.05, 4.69) is 20.7 Å². The summed E-state index contributed by atoms with van der Waals surface area (Å²) in [5, 5.41) is 14.5. The summed E-state index contributed by atoms with van der Waals surface area (Å²) in [5.41, 5.74) is 1.11. The lowest BCUT2D eigenvalue weighted by Crippen LogP contribution is -2.20. The van der Waals surface area contributed by atoms with Crippen LogP contribution in [0.5, 0.6) is 0 Å². The zero-order valence-electron chi connectivity index (χ0n) is 12.8. The maximum atomic E-state index is 12.6. The Labute approximate surface area is 146 Å². The second kappa shape index (κ2) is 7.84. The predicted octanol–water partition coefficient (Wildman–Crippen LogP) is 3.29. The molecule has 1 N–H and O–H groups in total. The summed E-state index contributed by atoms with van der Waals surface area (Å²) in [6.07, 6.45) is 0. The first-order chi connectivity index (χ1) is 12.1. The van der Waals surface area contributed by atoms with E-state index in [0.717, 1.165) is 10.4 Å². The standard InChI is InChI=1S/C16H13F2N5OS/c17-16(18)25-13-9-5-4-8-12(13)19-14(24)10-23-21-15(20-22-23)11-6-2-1-3-7-11/h1-9,16H,10H2,(H,19,24). The van der Waals surface area contributed by atoms with Crippen LogP contribution in [0.3, 0.4) is 0 Å². The minimum absolute atomic E-state index is 0.173. The predicted molar refractivity (Wildman–Crippen MR) is 90.2 cm³/mol. The van der Waals surface area contributed by atoms with Gasteiger partial charge in [-0.15, -0.1) is 10.2 Å². The van der Waals surface area contributed by atoms with Crippen molar-refractivity contribution in [2.45, 2.75) is 17.2 Å². The second-order valence-corrected chi connectivity index (χ2v) is 5.96. The van der Waals surface area contributed by atoms with Gasteiger partial charge in [-0.3, -0.25) is 4.79 Å². The van der Waals surface area contributed by atoms with Crippen molar-refractivity contribution in [3.63, 3.8) is 0 Å². The summed E-state index contributed by atoms with van der Waals surface area (Å²) >= 11 is 0.376. The molecule has 0 aliphatic carbocycles. The van der Waals surface area contributed by atoms with Crippen LogP contribution in [0, 0.1) is 0 Å². The molecule has 3 rings (SSSR count). The summed E-state index contributed by atoms with van der Waals surface area (Å²) in [6.45, 7) is -0.173. The van der Waals surface area contributed by atoms with Gasteiger partial charge in [-0.1, -0.05) is 54.2 Å². The number of halogens is 2. The first-order valence-electron chi connectivity index (χ1n) is 7.29. The molecule has 0 aliphatic heterocycles. The molecule has 0 bridgehead atoms. The quantitative estimate of drug-likeness (QED) is 0.682. The highest BCUT2D eigenvalue weighted by Crippen LogP contribution is 2.31. The molecule has 3 aromatic rings. The Hall–Kier alpha value is -2.81. The van der Waals surface area contributed by atoms with Gasteiger partial charge in [0.25, 0.3) is 5.76 Å². The molecule has 1 heterocycles. The third-order valence-corrected chi connectivity index (χ3v) is 3.94. The van der Waals surface area contributed by atoms with Gasteiger partial charge in [0.15, 0.2) is 0 Å². The van der Waals surface area contributed by atoms with Crippen molar-refractivity contribution in [1.82, 2.24) is 20.2 Å². The van der Waals surface area contributed by atoms with Crippen LogP contribution in [0.25, 0.3) is 11.4 Å². The van der Waals surface area contributed by atoms with Gasteiger partial charge in [0.1, 0.15) is 6.54 Å². The third-order valence-electron chi connectivity index (χ3n) is 3.15. The highest BCUT2D eigenvalue weighted by molar-refractivity contribution is 7.99. The number of carbonyl (C=O) groups excluding carboxylic acids is 1. The van der Waals surface area contributed by atoms with Gasteiger partial charge in [0.2, 0.25) is 11.7 Å². The van der Waals surface area contributed by atoms with Crippen LogP contribution < -0.4 is 5.32 Å². The van der Waals surface area contributed by atoms with E-state index in [1.165, 1.54) is 6.07 Å². The van der Waals surface area contributed by atoms with Crippen molar-refractivity contribution in [3.8, 4) is 11.4 Å². The Balaban J connectivity index is 1.67. The molecular weight excluding hydrogens is 348 g/mol. The van der Waals surface area contributed by atoms with E-state index >= 15 is 0 Å². The fraction of sp³-hybridized carbons (Fsp3) is 0.125. The Morgan fingerprint density at radius 1 is 1.12 bits per heavy atom. The first kappa shape index (κ1) is 17.0. The van der Waals surface area contributed by atoms with Crippen LogP contribution >= 0.6 is 11.8 Å². The van der Waals surface area contributed by atoms with E-state index in [-0.39, 0.29) is 6.54 Å². The Bertz CT molecular complexity index is 856. The molecule has 0 spiro atoms. The molecule has 1 aromatic heterocycles. The molecular formula is C16H13F2N5OS. The number of anilines is 1. The molecule has 128 valence electrons. The first-order valence-corrected chi connectivity index (χ1v) is 8.17. The van der Waals surface area contributed by atoms with E-state index in [1.54, 1.807) is 18.2 Å². The lowest BCUT2D eigenvalue weighted by Gasteiger charge is -2.09. The summed E-state index contributed by atoms with van der Waals surface area (Å²) < 4.78 is 25.1. The molecule has 1 amide bonds. The lowest BCUT2D eigenvalue weighted by atomic mass is 10.2. The number of benzene rings is 2. The molecule has 2 aromatic carbocycles. The smallest absolute Gasteiger partial charge is 0.288 e. The summed E-state index contributed by atoms with van der Waals surface area (Å²) in [6, 6.07) is 15.6. The van der Waals surface area contributed by atoms with Gasteiger partial charge in [0, 0.05) is 10.5 Å². The van der Waals surface area contributed by atoms with E-state index in [4.69, 9.17) is 0 Å². The van der Waals surface area contributed by atoms with Gasteiger partial charge in [-0.25, -0.2) is 0 Å². The van der Waals surface area contributed by atoms with E-state index in [9.17, 15) is 13.6 Å². The van der Waals surface area contributed by atoms with Crippen LogP contribution in [0.15, 0.2) is 59.5 Å². The number of nitrogens with one attached hydrogen (secondary N) is 1. The van der Waals surface area contributed by atoms with Crippen molar-refractivity contribution in [1.29, 1.82) is 0 Å². The maximum absolute atomic E-state index is 12.6. The second-order valence-electron chi connectivity index (χ2n) is 4.93. The van der Waals surface area contributed by atoms with Crippen LogP contribution in [-0.4, -0.2) is 31.9 Å². The highest BCUT2D eigenvalue weighted by atomic mass is 32.2. The number of thioether (sulfide) groups is 1. The zero-order valence-corrected chi connectivity index (χ0v) is 13.7. The summed E-state index contributed by atoms with van der Waals surface area (Å²) in [7, 11) is 0. The highest BCUT2D eigenvalue weighted by Gasteiger charge is 2.13. The Morgan fingerprint density at radius 3 is 2.60 bits per heavy atom. The Kier molecular flexibility index (Phi) is 5.34. The van der Waals surface area contributed by atoms with Crippen LogP contribution in [0.2, 0.25) is 0 Å². The van der Waals surface area contributed by atoms with Crippen molar-refractivity contribution < 1.29 is 13.6 Å². The molecule has 9 heteroatoms. The van der Waals surface area contributed by atoms with Crippen molar-refractivity contribution in [3.05, 3.63) is 54.6 Å². The molecule has 0 aliphatic rings. The van der Waals surface area contributed by atoms with Crippen molar-refractivity contribution in [2.24, 2.45) is 0 Å². The van der Waals surface area contributed by atoms with Crippen LogP contribution in [0.1, 0.15) is 0 Å². The number of hydrogen-bond donors (Lipinski definition) is 1. The molecule has 0 saturated carbocycles. The number of aromatic nitrogens is 4. The fourth-order valence-corrected chi connectivity index (χ4v) is 2.69. The van der Waals surface area contributed by atoms with Crippen molar-refractivity contribution in [2.75, 3.05) is 5.32 Å². The average Bonchev–Trinajstić information content (AvgIpc) is 3.05. The molecule has 0 radical (unpaired) electrons. The van der Waals surface area contributed by atoms with E-state index in [1.807, 2.05) is 30.3 Å². The summed E-state index contributed by atoms with van der Waals surface area (Å²) in [5.74, 6) is -2.59. The number of carbonyl (C=O) groups is 1. The molecule has 0 saturated heterocycles. The minimum Gasteiger partial charge on any atom is -0.323 e. The minimum atomic E-state index is -2.57. The van der Waals surface area contributed by atoms with Gasteiger partial charge in [-0.05, 0) is 17.3 Å². The largest absolute Gasteiger partial charge is 0.323 e. The number of nitrogens with zero attached hydrogens (tertiary/aromatic N) is 4. The third kappa shape index (κ3) is 4.60. The molecule has 0 fully saturated rings. The Morgan fingerprint density at radius 2 is 1.84 bits per heavy atom. The normalized spacial score (nSPS) is 10.8. The zero-order chi connectivity index (χ0) is 17.6. The number of rotatable bonds is 6. The fourth-order valence-electron chi connectivity index (χ4n) is 2.10. The lowest BCUT2D eigenvalue weighted by molar-refractivity contribution is -0.117. The SMILES string of the molecule is O=C(Cn1nnc(-c2ccccc2)n1)Nc1ccccc1SC(F)F. The number of para-hydroxylation sites is 1.